The van der Waals surface area contributed by atoms with Crippen molar-refractivity contribution in [3.05, 3.63) is 48.1 Å². The van der Waals surface area contributed by atoms with Gasteiger partial charge >= 0.3 is 12.5 Å². The van der Waals surface area contributed by atoms with E-state index in [1.54, 1.807) is 0 Å². The van der Waals surface area contributed by atoms with Crippen LogP contribution in [0.2, 0.25) is 0 Å². The zero-order valence-electron chi connectivity index (χ0n) is 13.6. The summed E-state index contributed by atoms with van der Waals surface area (Å²) in [4.78, 5) is 3.60. The molecule has 0 saturated heterocycles. The van der Waals surface area contributed by atoms with Crippen LogP contribution in [0.3, 0.4) is 0 Å². The lowest BCUT2D eigenvalue weighted by Crippen LogP contribution is -2.52. The normalized spacial score (nSPS) is 15.3. The highest BCUT2D eigenvalue weighted by Gasteiger charge is 2.52. The second kappa shape index (κ2) is 6.88. The van der Waals surface area contributed by atoms with Crippen molar-refractivity contribution in [3.63, 3.8) is 0 Å². The van der Waals surface area contributed by atoms with E-state index < -0.39 is 47.5 Å². The monoisotopic (exact) mass is 383 g/mol. The molecular weight excluding hydrogens is 368 g/mol. The number of hydrogen-bond acceptors (Lipinski definition) is 4. The minimum absolute atomic E-state index is 0.474. The van der Waals surface area contributed by atoms with Crippen LogP contribution in [0.15, 0.2) is 30.9 Å². The maximum absolute atomic E-state index is 14.3. The van der Waals surface area contributed by atoms with Crippen LogP contribution in [0, 0.1) is 17.0 Å². The lowest BCUT2D eigenvalue weighted by Gasteiger charge is -2.42. The molecule has 144 valence electrons. The van der Waals surface area contributed by atoms with Gasteiger partial charge in [-0.3, -0.25) is 0 Å². The fourth-order valence-corrected chi connectivity index (χ4v) is 2.39. The van der Waals surface area contributed by atoms with Gasteiger partial charge in [0.15, 0.2) is 5.72 Å². The summed E-state index contributed by atoms with van der Waals surface area (Å²) in [7, 11) is 0. The standard InChI is InChI=1S/C15H15F6N3O2/c1-13(2,6-26-15(20,21)12(18)19)14(25,24-8-22-7-23-24)10-4-3-9(16)5-11(10)17/h3-5,7-8,12,25H,6H2,1-2H3/t14-/m0/s1. The van der Waals surface area contributed by atoms with E-state index in [4.69, 9.17) is 0 Å². The zero-order chi connectivity index (χ0) is 19.8. The highest BCUT2D eigenvalue weighted by atomic mass is 19.3. The Kier molecular flexibility index (Phi) is 5.34. The van der Waals surface area contributed by atoms with Gasteiger partial charge in [0.1, 0.15) is 24.3 Å². The van der Waals surface area contributed by atoms with Crippen LogP contribution in [0.1, 0.15) is 19.4 Å². The molecule has 1 aromatic heterocycles. The van der Waals surface area contributed by atoms with Gasteiger partial charge in [0.05, 0.1) is 6.61 Å². The quantitative estimate of drug-likeness (QED) is 0.747. The Balaban J connectivity index is 2.51. The summed E-state index contributed by atoms with van der Waals surface area (Å²) in [5, 5.41) is 14.8. The van der Waals surface area contributed by atoms with E-state index in [1.807, 2.05) is 0 Å². The predicted octanol–water partition coefficient (Wildman–Crippen LogP) is 3.15. The number of aliphatic hydroxyl groups is 1. The number of alkyl halides is 4. The highest BCUT2D eigenvalue weighted by Crippen LogP contribution is 2.43. The van der Waals surface area contributed by atoms with Crippen molar-refractivity contribution in [2.75, 3.05) is 6.61 Å². The van der Waals surface area contributed by atoms with Crippen LogP contribution in [-0.4, -0.2) is 39.0 Å². The summed E-state index contributed by atoms with van der Waals surface area (Å²) < 4.78 is 83.1. The molecule has 0 spiro atoms. The van der Waals surface area contributed by atoms with E-state index in [1.165, 1.54) is 13.8 Å². The van der Waals surface area contributed by atoms with E-state index in [0.29, 0.717) is 6.07 Å². The molecule has 1 N–H and O–H groups in total. The Morgan fingerprint density at radius 2 is 1.88 bits per heavy atom. The molecule has 0 fully saturated rings. The summed E-state index contributed by atoms with van der Waals surface area (Å²) in [6.07, 6.45) is -6.92. The minimum Gasteiger partial charge on any atom is -0.365 e. The second-order valence-corrected chi connectivity index (χ2v) is 6.17. The van der Waals surface area contributed by atoms with Gasteiger partial charge in [-0.2, -0.15) is 13.9 Å². The average molecular weight is 383 g/mol. The molecule has 0 saturated carbocycles. The molecule has 26 heavy (non-hydrogen) atoms. The summed E-state index contributed by atoms with van der Waals surface area (Å²) >= 11 is 0. The summed E-state index contributed by atoms with van der Waals surface area (Å²) in [5.41, 5.74) is -4.85. The van der Waals surface area contributed by atoms with Crippen molar-refractivity contribution in [2.45, 2.75) is 32.1 Å². The average Bonchev–Trinajstić information content (AvgIpc) is 3.07. The van der Waals surface area contributed by atoms with E-state index in [-0.39, 0.29) is 0 Å². The second-order valence-electron chi connectivity index (χ2n) is 6.17. The zero-order valence-corrected chi connectivity index (χ0v) is 13.6. The summed E-state index contributed by atoms with van der Waals surface area (Å²) in [6, 6.07) is 2.20. The fourth-order valence-electron chi connectivity index (χ4n) is 2.39. The Labute approximate surface area is 144 Å². The topological polar surface area (TPSA) is 60.2 Å². The van der Waals surface area contributed by atoms with Gasteiger partial charge < -0.3 is 9.84 Å². The van der Waals surface area contributed by atoms with Gasteiger partial charge in [0.2, 0.25) is 0 Å². The summed E-state index contributed by atoms with van der Waals surface area (Å²) in [5.74, 6) is -2.14. The SMILES string of the molecule is CC(C)(COC(F)(F)C(F)F)[C@@](O)(c1ccc(F)cc1F)n1cncn1. The molecule has 0 aliphatic rings. The van der Waals surface area contributed by atoms with Gasteiger partial charge in [-0.25, -0.2) is 27.2 Å². The van der Waals surface area contributed by atoms with Crippen molar-refractivity contribution in [2.24, 2.45) is 5.41 Å². The van der Waals surface area contributed by atoms with Crippen LogP contribution in [-0.2, 0) is 10.5 Å². The molecule has 0 radical (unpaired) electrons. The van der Waals surface area contributed by atoms with Crippen LogP contribution < -0.4 is 0 Å². The first kappa shape index (κ1) is 20.2. The number of nitrogens with zero attached hydrogens (tertiary/aromatic N) is 3. The maximum Gasteiger partial charge on any atom is 0.416 e. The number of aromatic nitrogens is 3. The van der Waals surface area contributed by atoms with E-state index in [2.05, 4.69) is 14.8 Å². The van der Waals surface area contributed by atoms with Gasteiger partial charge in [-0.1, -0.05) is 13.8 Å². The lowest BCUT2D eigenvalue weighted by molar-refractivity contribution is -0.317. The van der Waals surface area contributed by atoms with Crippen molar-refractivity contribution in [1.82, 2.24) is 14.8 Å². The Hall–Kier alpha value is -2.14. The Morgan fingerprint density at radius 1 is 1.23 bits per heavy atom. The molecule has 0 amide bonds. The Bertz CT molecular complexity index is 754. The molecule has 0 aliphatic heterocycles. The van der Waals surface area contributed by atoms with Crippen LogP contribution in [0.5, 0.6) is 0 Å². The first-order chi connectivity index (χ1) is 11.9. The molecule has 11 heteroatoms. The Morgan fingerprint density at radius 3 is 2.38 bits per heavy atom. The van der Waals surface area contributed by atoms with Crippen molar-refractivity contribution < 1.29 is 36.2 Å². The van der Waals surface area contributed by atoms with Crippen molar-refractivity contribution >= 4 is 0 Å². The fraction of sp³-hybridized carbons (Fsp3) is 0.467. The van der Waals surface area contributed by atoms with Crippen LogP contribution >= 0.6 is 0 Å². The minimum atomic E-state index is -4.78. The van der Waals surface area contributed by atoms with E-state index >= 15 is 0 Å². The number of hydrogen-bond donors (Lipinski definition) is 1. The molecule has 1 aromatic carbocycles. The molecule has 1 atom stereocenters. The van der Waals surface area contributed by atoms with Crippen molar-refractivity contribution in [3.8, 4) is 0 Å². The first-order valence-corrected chi connectivity index (χ1v) is 7.25. The van der Waals surface area contributed by atoms with Gasteiger partial charge in [-0.15, -0.1) is 0 Å². The van der Waals surface area contributed by atoms with Gasteiger partial charge in [-0.05, 0) is 12.1 Å². The number of benzene rings is 1. The molecule has 5 nitrogen and oxygen atoms in total. The van der Waals surface area contributed by atoms with E-state index in [9.17, 15) is 31.4 Å². The summed E-state index contributed by atoms with van der Waals surface area (Å²) in [6.45, 7) is 1.22. The largest absolute Gasteiger partial charge is 0.416 e. The third-order valence-electron chi connectivity index (χ3n) is 3.88. The van der Waals surface area contributed by atoms with Gasteiger partial charge in [0, 0.05) is 17.0 Å². The molecular formula is C15H15F6N3O2. The molecule has 0 bridgehead atoms. The van der Waals surface area contributed by atoms with Crippen LogP contribution in [0.25, 0.3) is 0 Å². The number of halogens is 6. The van der Waals surface area contributed by atoms with Crippen LogP contribution in [0.4, 0.5) is 26.3 Å². The molecule has 0 aliphatic carbocycles. The first-order valence-electron chi connectivity index (χ1n) is 7.25. The van der Waals surface area contributed by atoms with Gasteiger partial charge in [0.25, 0.3) is 0 Å². The highest BCUT2D eigenvalue weighted by molar-refractivity contribution is 5.27. The van der Waals surface area contributed by atoms with E-state index in [0.717, 1.165) is 29.5 Å². The third-order valence-corrected chi connectivity index (χ3v) is 3.88. The molecule has 0 unspecified atom stereocenters. The number of rotatable bonds is 7. The van der Waals surface area contributed by atoms with Crippen molar-refractivity contribution in [1.29, 1.82) is 0 Å². The third kappa shape index (κ3) is 3.54. The predicted molar refractivity (Wildman–Crippen MR) is 76.4 cm³/mol. The molecule has 1 heterocycles. The lowest BCUT2D eigenvalue weighted by atomic mass is 9.77. The smallest absolute Gasteiger partial charge is 0.365 e. The molecule has 2 rings (SSSR count). The number of ether oxygens (including phenoxy) is 1. The maximum atomic E-state index is 14.3. The molecule has 2 aromatic rings.